The number of hydrogen-bond acceptors (Lipinski definition) is 2. The number of carboxylic acids is 2. The summed E-state index contributed by atoms with van der Waals surface area (Å²) in [6, 6.07) is 0. The minimum absolute atomic E-state index is 0. The molecular formula is C8H3F4LiO4. The molecule has 1 aromatic carbocycles. The molecule has 0 saturated carbocycles. The molecule has 0 saturated heterocycles. The van der Waals surface area contributed by atoms with E-state index in [1.54, 1.807) is 0 Å². The predicted molar refractivity (Wildman–Crippen MR) is 41.3 cm³/mol. The molecule has 2 N–H and O–H groups in total. The first-order valence-electron chi connectivity index (χ1n) is 3.61. The Kier molecular flexibility index (Phi) is 4.74. The van der Waals surface area contributed by atoms with E-state index in [1.165, 1.54) is 0 Å². The van der Waals surface area contributed by atoms with E-state index in [4.69, 9.17) is 10.2 Å². The van der Waals surface area contributed by atoms with Gasteiger partial charge in [0.05, 0.1) is 0 Å². The third kappa shape index (κ3) is 2.43. The van der Waals surface area contributed by atoms with Crippen LogP contribution < -0.4 is 18.9 Å². The summed E-state index contributed by atoms with van der Waals surface area (Å²) in [5.74, 6) is -13.5. The van der Waals surface area contributed by atoms with Gasteiger partial charge < -0.3 is 11.6 Å². The van der Waals surface area contributed by atoms with E-state index < -0.39 is 46.3 Å². The molecule has 0 fully saturated rings. The van der Waals surface area contributed by atoms with Crippen LogP contribution in [0.2, 0.25) is 0 Å². The van der Waals surface area contributed by atoms with Crippen LogP contribution in [0, 0.1) is 23.3 Å². The summed E-state index contributed by atoms with van der Waals surface area (Å²) in [7, 11) is 0. The van der Waals surface area contributed by atoms with Crippen LogP contribution in [0.25, 0.3) is 0 Å². The number of aromatic carboxylic acids is 2. The van der Waals surface area contributed by atoms with Crippen molar-refractivity contribution in [2.45, 2.75) is 0 Å². The molecule has 9 heteroatoms. The van der Waals surface area contributed by atoms with Gasteiger partial charge in [-0.1, -0.05) is 0 Å². The van der Waals surface area contributed by atoms with Gasteiger partial charge in [-0.05, 0) is 0 Å². The summed E-state index contributed by atoms with van der Waals surface area (Å²) in [6.45, 7) is 0. The third-order valence-electron chi connectivity index (χ3n) is 1.69. The van der Waals surface area contributed by atoms with Crippen molar-refractivity contribution in [2.75, 3.05) is 0 Å². The number of halogens is 4. The molecular weight excluding hydrogens is 243 g/mol. The first-order chi connectivity index (χ1) is 7.29. The van der Waals surface area contributed by atoms with Gasteiger partial charge in [0, 0.05) is 0 Å². The number of carbonyl (C=O) groups is 2. The summed E-state index contributed by atoms with van der Waals surface area (Å²) in [6.07, 6.45) is 0. The topological polar surface area (TPSA) is 74.6 Å². The molecule has 0 spiro atoms. The number of benzene rings is 1. The fourth-order valence-corrected chi connectivity index (χ4v) is 1.01. The second kappa shape index (κ2) is 5.20. The van der Waals surface area contributed by atoms with E-state index in [2.05, 4.69) is 0 Å². The molecule has 0 aliphatic rings. The second-order valence-corrected chi connectivity index (χ2v) is 2.62. The van der Waals surface area contributed by atoms with Crippen LogP contribution in [0.4, 0.5) is 17.6 Å². The van der Waals surface area contributed by atoms with Crippen LogP contribution in [0.3, 0.4) is 0 Å². The molecule has 0 radical (unpaired) electrons. The summed E-state index contributed by atoms with van der Waals surface area (Å²) in [5, 5.41) is 16.5. The minimum Gasteiger partial charge on any atom is -1.00 e. The van der Waals surface area contributed by atoms with Crippen LogP contribution in [-0.2, 0) is 0 Å². The molecule has 0 heterocycles. The van der Waals surface area contributed by atoms with Gasteiger partial charge in [-0.25, -0.2) is 27.2 Å². The van der Waals surface area contributed by atoms with Gasteiger partial charge in [-0.3, -0.25) is 0 Å². The predicted octanol–water partition coefficient (Wildman–Crippen LogP) is -1.24. The number of carboxylic acid groups (broad SMARTS) is 2. The normalized spacial score (nSPS) is 9.65. The molecule has 0 aliphatic heterocycles. The fourth-order valence-electron chi connectivity index (χ4n) is 1.01. The van der Waals surface area contributed by atoms with Gasteiger partial charge in [0.25, 0.3) is 0 Å². The third-order valence-corrected chi connectivity index (χ3v) is 1.69. The standard InChI is InChI=1S/C8H2F4O4.Li.H/c9-3-1(7(13)14)4(10)6(12)2(5(3)11)8(15)16;;/h(H,13,14)(H,15,16);;/q;+1;-1. The van der Waals surface area contributed by atoms with Crippen LogP contribution in [-0.4, -0.2) is 22.2 Å². The van der Waals surface area contributed by atoms with Crippen LogP contribution in [0.15, 0.2) is 0 Å². The van der Waals surface area contributed by atoms with Crippen molar-refractivity contribution >= 4 is 11.9 Å². The minimum atomic E-state index is -2.26. The monoisotopic (exact) mass is 246 g/mol. The maximum atomic E-state index is 12.9. The Hall–Kier alpha value is -1.52. The molecule has 0 bridgehead atoms. The molecule has 0 amide bonds. The Balaban J connectivity index is 0. The van der Waals surface area contributed by atoms with Crippen molar-refractivity contribution in [1.29, 1.82) is 0 Å². The zero-order chi connectivity index (χ0) is 12.6. The molecule has 0 atom stereocenters. The smallest absolute Gasteiger partial charge is 1.00 e. The van der Waals surface area contributed by atoms with E-state index in [0.29, 0.717) is 0 Å². The average molecular weight is 246 g/mol. The number of rotatable bonds is 2. The molecule has 1 rings (SSSR count). The quantitative estimate of drug-likeness (QED) is 0.388. The van der Waals surface area contributed by atoms with Gasteiger partial charge in [0.15, 0.2) is 23.3 Å². The van der Waals surface area contributed by atoms with Gasteiger partial charge in [-0.2, -0.15) is 0 Å². The van der Waals surface area contributed by atoms with E-state index in [0.717, 1.165) is 0 Å². The summed E-state index contributed by atoms with van der Waals surface area (Å²) >= 11 is 0. The van der Waals surface area contributed by atoms with Crippen LogP contribution >= 0.6 is 0 Å². The maximum absolute atomic E-state index is 12.9. The van der Waals surface area contributed by atoms with E-state index in [9.17, 15) is 27.2 Å². The van der Waals surface area contributed by atoms with Crippen molar-refractivity contribution < 1.29 is 57.7 Å². The molecule has 0 aromatic heterocycles. The van der Waals surface area contributed by atoms with Gasteiger partial charge in [0.2, 0.25) is 0 Å². The van der Waals surface area contributed by atoms with E-state index >= 15 is 0 Å². The van der Waals surface area contributed by atoms with Crippen LogP contribution in [0.5, 0.6) is 0 Å². The fraction of sp³-hybridized carbons (Fsp3) is 0. The van der Waals surface area contributed by atoms with Crippen molar-refractivity contribution in [3.05, 3.63) is 34.4 Å². The Bertz CT molecular complexity index is 434. The molecule has 88 valence electrons. The SMILES string of the molecule is O=C(O)c1c(F)c(F)c(C(=O)O)c(F)c1F.[H-].[Li+]. The molecule has 1 aromatic rings. The Morgan fingerprint density at radius 1 is 0.765 bits per heavy atom. The van der Waals surface area contributed by atoms with Crippen LogP contribution in [0.1, 0.15) is 22.1 Å². The largest absolute Gasteiger partial charge is 1.00 e. The zero-order valence-electron chi connectivity index (χ0n) is 9.22. The Morgan fingerprint density at radius 3 is 1.06 bits per heavy atom. The first kappa shape index (κ1) is 15.5. The Labute approximate surface area is 105 Å². The Morgan fingerprint density at radius 2 is 0.941 bits per heavy atom. The maximum Gasteiger partial charge on any atom is 1.00 e. The number of hydrogen-bond donors (Lipinski definition) is 2. The van der Waals surface area contributed by atoms with Crippen molar-refractivity contribution in [3.8, 4) is 0 Å². The van der Waals surface area contributed by atoms with Gasteiger partial charge in [-0.15, -0.1) is 0 Å². The molecule has 0 unspecified atom stereocenters. The van der Waals surface area contributed by atoms with E-state index in [-0.39, 0.29) is 20.3 Å². The van der Waals surface area contributed by atoms with Gasteiger partial charge in [0.1, 0.15) is 11.1 Å². The molecule has 0 aliphatic carbocycles. The zero-order valence-corrected chi connectivity index (χ0v) is 8.22. The molecule has 4 nitrogen and oxygen atoms in total. The molecule has 17 heavy (non-hydrogen) atoms. The summed E-state index contributed by atoms with van der Waals surface area (Å²) in [5.41, 5.74) is -3.75. The average Bonchev–Trinajstić information content (AvgIpc) is 2.14. The van der Waals surface area contributed by atoms with Crippen molar-refractivity contribution in [1.82, 2.24) is 0 Å². The van der Waals surface area contributed by atoms with E-state index in [1.807, 2.05) is 0 Å². The first-order valence-corrected chi connectivity index (χ1v) is 3.61. The van der Waals surface area contributed by atoms with Crippen molar-refractivity contribution in [3.63, 3.8) is 0 Å². The summed E-state index contributed by atoms with van der Waals surface area (Å²) < 4.78 is 51.6. The van der Waals surface area contributed by atoms with Crippen molar-refractivity contribution in [2.24, 2.45) is 0 Å². The second-order valence-electron chi connectivity index (χ2n) is 2.62. The summed E-state index contributed by atoms with van der Waals surface area (Å²) in [4.78, 5) is 20.5. The van der Waals surface area contributed by atoms with Gasteiger partial charge >= 0.3 is 30.8 Å².